The van der Waals surface area contributed by atoms with Gasteiger partial charge in [-0.15, -0.1) is 0 Å². The van der Waals surface area contributed by atoms with E-state index in [2.05, 4.69) is 5.32 Å². The highest BCUT2D eigenvalue weighted by molar-refractivity contribution is 7.92. The molecule has 3 rings (SSSR count). The molecule has 0 heterocycles. The number of anilines is 1. The molecular weight excluding hydrogens is 569 g/mol. The SMILES string of the molecule is CC[C@H](C)NC(=O)[C@H](C)N(Cc1cccc(C)c1)C(=O)CN(c1cc(Cl)ccc1Cl)S(=O)(=O)c1ccc(C)cc1. The van der Waals surface area contributed by atoms with Crippen molar-refractivity contribution in [2.24, 2.45) is 0 Å². The Labute approximate surface area is 247 Å². The van der Waals surface area contributed by atoms with Gasteiger partial charge in [0.15, 0.2) is 0 Å². The van der Waals surface area contributed by atoms with Gasteiger partial charge >= 0.3 is 0 Å². The third kappa shape index (κ3) is 7.77. The second kappa shape index (κ2) is 13.5. The summed E-state index contributed by atoms with van der Waals surface area (Å²) in [5.74, 6) is -0.899. The molecule has 2 amide bonds. The van der Waals surface area contributed by atoms with Gasteiger partial charge < -0.3 is 10.2 Å². The van der Waals surface area contributed by atoms with Crippen molar-refractivity contribution >= 4 is 50.7 Å². The third-order valence-corrected chi connectivity index (χ3v) is 9.00. The predicted octanol–water partition coefficient (Wildman–Crippen LogP) is 6.14. The van der Waals surface area contributed by atoms with Gasteiger partial charge in [-0.2, -0.15) is 0 Å². The predicted molar refractivity (Wildman–Crippen MR) is 161 cm³/mol. The lowest BCUT2D eigenvalue weighted by molar-refractivity contribution is -0.139. The smallest absolute Gasteiger partial charge is 0.264 e. The summed E-state index contributed by atoms with van der Waals surface area (Å²) in [6.45, 7) is 8.77. The Bertz CT molecular complexity index is 1460. The first-order valence-corrected chi connectivity index (χ1v) is 15.2. The highest BCUT2D eigenvalue weighted by atomic mass is 35.5. The highest BCUT2D eigenvalue weighted by Crippen LogP contribution is 2.33. The summed E-state index contributed by atoms with van der Waals surface area (Å²) in [6, 6.07) is 17.4. The van der Waals surface area contributed by atoms with Crippen LogP contribution in [0.2, 0.25) is 10.0 Å². The monoisotopic (exact) mass is 603 g/mol. The second-order valence-corrected chi connectivity index (χ2v) is 12.6. The Balaban J connectivity index is 2.07. The maximum absolute atomic E-state index is 14.0. The van der Waals surface area contributed by atoms with Crippen molar-refractivity contribution in [3.63, 3.8) is 0 Å². The van der Waals surface area contributed by atoms with Crippen LogP contribution in [0, 0.1) is 13.8 Å². The van der Waals surface area contributed by atoms with Gasteiger partial charge in [-0.25, -0.2) is 8.42 Å². The summed E-state index contributed by atoms with van der Waals surface area (Å²) in [5.41, 5.74) is 2.75. The molecule has 2 atom stereocenters. The molecule has 1 N–H and O–H groups in total. The van der Waals surface area contributed by atoms with E-state index in [0.717, 1.165) is 27.4 Å². The molecule has 0 saturated heterocycles. The van der Waals surface area contributed by atoms with E-state index in [9.17, 15) is 18.0 Å². The van der Waals surface area contributed by atoms with Crippen LogP contribution in [-0.2, 0) is 26.2 Å². The number of hydrogen-bond acceptors (Lipinski definition) is 4. The Hall–Kier alpha value is -3.07. The second-order valence-electron chi connectivity index (χ2n) is 9.93. The largest absolute Gasteiger partial charge is 0.352 e. The molecule has 0 aliphatic carbocycles. The van der Waals surface area contributed by atoms with Crippen molar-refractivity contribution in [2.75, 3.05) is 10.8 Å². The molecule has 0 aromatic heterocycles. The summed E-state index contributed by atoms with van der Waals surface area (Å²) in [5, 5.41) is 3.29. The van der Waals surface area contributed by atoms with Crippen molar-refractivity contribution in [3.8, 4) is 0 Å². The lowest BCUT2D eigenvalue weighted by atomic mass is 10.1. The number of rotatable bonds is 11. The molecule has 0 saturated carbocycles. The highest BCUT2D eigenvalue weighted by Gasteiger charge is 2.33. The number of hydrogen-bond donors (Lipinski definition) is 1. The van der Waals surface area contributed by atoms with Gasteiger partial charge in [0.25, 0.3) is 10.0 Å². The van der Waals surface area contributed by atoms with Crippen molar-refractivity contribution in [1.29, 1.82) is 0 Å². The molecule has 0 aliphatic rings. The topological polar surface area (TPSA) is 86.8 Å². The summed E-state index contributed by atoms with van der Waals surface area (Å²) >= 11 is 12.7. The molecule has 0 fully saturated rings. The van der Waals surface area contributed by atoms with E-state index in [1.54, 1.807) is 19.1 Å². The molecular formula is C30H35Cl2N3O4S. The van der Waals surface area contributed by atoms with E-state index in [1.807, 2.05) is 52.0 Å². The molecule has 10 heteroatoms. The van der Waals surface area contributed by atoms with Crippen LogP contribution in [0.1, 0.15) is 43.9 Å². The van der Waals surface area contributed by atoms with Gasteiger partial charge in [0.2, 0.25) is 11.8 Å². The zero-order chi connectivity index (χ0) is 29.6. The van der Waals surface area contributed by atoms with E-state index in [4.69, 9.17) is 23.2 Å². The van der Waals surface area contributed by atoms with Crippen molar-refractivity contribution in [1.82, 2.24) is 10.2 Å². The maximum atomic E-state index is 14.0. The fourth-order valence-corrected chi connectivity index (χ4v) is 5.94. The average Bonchev–Trinajstić information content (AvgIpc) is 2.91. The third-order valence-electron chi connectivity index (χ3n) is 6.67. The van der Waals surface area contributed by atoms with Crippen LogP contribution < -0.4 is 9.62 Å². The number of carbonyl (C=O) groups excluding carboxylic acids is 2. The standard InChI is InChI=1S/C30H35Cl2N3O4S/c1-6-22(4)33-30(37)23(5)34(18-24-9-7-8-21(3)16-24)29(36)19-35(28-17-25(31)12-15-27(28)32)40(38,39)26-13-10-20(2)11-14-26/h7-17,22-23H,6,18-19H2,1-5H3,(H,33,37)/t22-,23-/m0/s1. The number of amides is 2. The molecule has 40 heavy (non-hydrogen) atoms. The minimum atomic E-state index is -4.25. The van der Waals surface area contributed by atoms with Crippen LogP contribution >= 0.6 is 23.2 Å². The van der Waals surface area contributed by atoms with Gasteiger partial charge in [0.05, 0.1) is 15.6 Å². The Morgan fingerprint density at radius 1 is 0.925 bits per heavy atom. The zero-order valence-electron chi connectivity index (χ0n) is 23.3. The summed E-state index contributed by atoms with van der Waals surface area (Å²) in [4.78, 5) is 28.5. The van der Waals surface area contributed by atoms with Crippen molar-refractivity contribution < 1.29 is 18.0 Å². The molecule has 3 aromatic carbocycles. The molecule has 0 radical (unpaired) electrons. The normalized spacial score (nSPS) is 12.9. The van der Waals surface area contributed by atoms with Crippen molar-refractivity contribution in [3.05, 3.63) is 93.5 Å². The summed E-state index contributed by atoms with van der Waals surface area (Å²) in [6.07, 6.45) is 0.722. The number of sulfonamides is 1. The first-order chi connectivity index (χ1) is 18.8. The van der Waals surface area contributed by atoms with E-state index in [1.165, 1.54) is 35.2 Å². The molecule has 3 aromatic rings. The minimum absolute atomic E-state index is 0.00487. The first kappa shape index (κ1) is 31.5. The summed E-state index contributed by atoms with van der Waals surface area (Å²) in [7, 11) is -4.25. The lowest BCUT2D eigenvalue weighted by Crippen LogP contribution is -2.52. The number of nitrogens with zero attached hydrogens (tertiary/aromatic N) is 2. The number of benzene rings is 3. The quantitative estimate of drug-likeness (QED) is 0.285. The van der Waals surface area contributed by atoms with E-state index in [-0.39, 0.29) is 39.1 Å². The summed E-state index contributed by atoms with van der Waals surface area (Å²) < 4.78 is 28.8. The van der Waals surface area contributed by atoms with Gasteiger partial charge in [-0.3, -0.25) is 13.9 Å². The van der Waals surface area contributed by atoms with Crippen LogP contribution in [0.3, 0.4) is 0 Å². The van der Waals surface area contributed by atoms with Crippen molar-refractivity contribution in [2.45, 2.75) is 64.6 Å². The van der Waals surface area contributed by atoms with E-state index >= 15 is 0 Å². The first-order valence-electron chi connectivity index (χ1n) is 13.0. The van der Waals surface area contributed by atoms with Crippen LogP contribution in [0.5, 0.6) is 0 Å². The van der Waals surface area contributed by atoms with Crippen LogP contribution in [0.15, 0.2) is 71.6 Å². The zero-order valence-corrected chi connectivity index (χ0v) is 25.6. The fraction of sp³-hybridized carbons (Fsp3) is 0.333. The minimum Gasteiger partial charge on any atom is -0.352 e. The number of carbonyl (C=O) groups is 2. The van der Waals surface area contributed by atoms with Crippen LogP contribution in [-0.4, -0.2) is 43.8 Å². The molecule has 0 unspecified atom stereocenters. The molecule has 7 nitrogen and oxygen atoms in total. The number of nitrogens with one attached hydrogen (secondary N) is 1. The average molecular weight is 605 g/mol. The fourth-order valence-electron chi connectivity index (χ4n) is 4.08. The van der Waals surface area contributed by atoms with Gasteiger partial charge in [0, 0.05) is 17.6 Å². The number of aryl methyl sites for hydroxylation is 2. The lowest BCUT2D eigenvalue weighted by Gasteiger charge is -2.32. The molecule has 0 spiro atoms. The Kier molecular flexibility index (Phi) is 10.6. The molecule has 214 valence electrons. The number of halogens is 2. The van der Waals surface area contributed by atoms with E-state index in [0.29, 0.717) is 0 Å². The van der Waals surface area contributed by atoms with Gasteiger partial charge in [-0.05, 0) is 70.0 Å². The maximum Gasteiger partial charge on any atom is 0.264 e. The van der Waals surface area contributed by atoms with Gasteiger partial charge in [0.1, 0.15) is 12.6 Å². The Morgan fingerprint density at radius 3 is 2.23 bits per heavy atom. The van der Waals surface area contributed by atoms with Gasteiger partial charge in [-0.1, -0.05) is 77.7 Å². The molecule has 0 bridgehead atoms. The van der Waals surface area contributed by atoms with Crippen LogP contribution in [0.4, 0.5) is 5.69 Å². The van der Waals surface area contributed by atoms with Crippen LogP contribution in [0.25, 0.3) is 0 Å². The Morgan fingerprint density at radius 2 is 1.60 bits per heavy atom. The van der Waals surface area contributed by atoms with E-state index < -0.39 is 28.5 Å². The molecule has 0 aliphatic heterocycles.